The summed E-state index contributed by atoms with van der Waals surface area (Å²) in [6.45, 7) is 13.6. The van der Waals surface area contributed by atoms with Crippen molar-refractivity contribution in [2.45, 2.75) is 31.3 Å². The molecule has 17 heavy (non-hydrogen) atoms. The molecule has 0 N–H and O–H groups in total. The summed E-state index contributed by atoms with van der Waals surface area (Å²) in [5.41, 5.74) is 0. The second-order valence-electron chi connectivity index (χ2n) is 3.27. The summed E-state index contributed by atoms with van der Waals surface area (Å²) in [5, 5.41) is 0. The lowest BCUT2D eigenvalue weighted by Gasteiger charge is -2.04. The molecule has 0 aromatic heterocycles. The van der Waals surface area contributed by atoms with Crippen LogP contribution >= 0.6 is 0 Å². The van der Waals surface area contributed by atoms with E-state index in [1.807, 2.05) is 0 Å². The van der Waals surface area contributed by atoms with Crippen LogP contribution in [0.15, 0.2) is 0 Å². The molecule has 0 spiro atoms. The highest BCUT2D eigenvalue weighted by atomic mass is 16.5. The number of rotatable bonds is 6. The molecule has 0 aromatic carbocycles. The van der Waals surface area contributed by atoms with Crippen molar-refractivity contribution in [3.05, 3.63) is 22.8 Å². The third-order valence-corrected chi connectivity index (χ3v) is 2.21. The minimum atomic E-state index is -0.857. The zero-order chi connectivity index (χ0) is 13.3. The first kappa shape index (κ1) is 14.9. The second-order valence-corrected chi connectivity index (χ2v) is 3.27. The number of esters is 2. The third kappa shape index (κ3) is 4.98. The molecule has 0 aliphatic carbocycles. The van der Waals surface area contributed by atoms with Gasteiger partial charge in [-0.1, -0.05) is 0 Å². The van der Waals surface area contributed by atoms with E-state index in [-0.39, 0.29) is 12.8 Å². The van der Waals surface area contributed by atoms with Crippen molar-refractivity contribution in [3.8, 4) is 0 Å². The zero-order valence-corrected chi connectivity index (χ0v) is 9.80. The molecule has 0 saturated carbocycles. The highest BCUT2D eigenvalue weighted by Gasteiger charge is 2.28. The van der Waals surface area contributed by atoms with Gasteiger partial charge in [0.2, 0.25) is 0 Å². The van der Waals surface area contributed by atoms with Crippen LogP contribution in [0.4, 0.5) is 0 Å². The van der Waals surface area contributed by atoms with E-state index in [1.165, 1.54) is 14.2 Å². The maximum absolute atomic E-state index is 11.1. The van der Waals surface area contributed by atoms with Gasteiger partial charge in [0.15, 0.2) is 0 Å². The van der Waals surface area contributed by atoms with Crippen molar-refractivity contribution in [3.63, 3.8) is 0 Å². The molecule has 0 bridgehead atoms. The number of hydrogen-bond acceptors (Lipinski definition) is 4. The van der Waals surface area contributed by atoms with Gasteiger partial charge in [0.25, 0.3) is 0 Å². The summed E-state index contributed by atoms with van der Waals surface area (Å²) in [6.07, 6.45) is 0.975. The fourth-order valence-corrected chi connectivity index (χ4v) is 1.25. The lowest BCUT2D eigenvalue weighted by Crippen LogP contribution is -2.21. The van der Waals surface area contributed by atoms with E-state index in [4.69, 9.17) is 13.1 Å². The molecule has 0 amide bonds. The molecule has 0 saturated heterocycles. The average molecular weight is 238 g/mol. The van der Waals surface area contributed by atoms with E-state index in [0.717, 1.165) is 0 Å². The van der Waals surface area contributed by atoms with Gasteiger partial charge in [0, 0.05) is 12.8 Å². The lowest BCUT2D eigenvalue weighted by atomic mass is 10.1. The van der Waals surface area contributed by atoms with E-state index in [0.29, 0.717) is 6.42 Å². The van der Waals surface area contributed by atoms with Crippen LogP contribution in [0, 0.1) is 13.1 Å². The van der Waals surface area contributed by atoms with Gasteiger partial charge in [-0.2, -0.15) is 0 Å². The SMILES string of the molecule is [C-]#[N+][C@@H](CCC[C@@H]([N+]#[C-])C(=O)OC)C(=O)OC. The molecule has 0 rings (SSSR count). The third-order valence-electron chi connectivity index (χ3n) is 2.21. The average Bonchev–Trinajstić information content (AvgIpc) is 2.37. The molecule has 0 aromatic rings. The molecule has 0 unspecified atom stereocenters. The fraction of sp³-hybridized carbons (Fsp3) is 0.636. The highest BCUT2D eigenvalue weighted by Crippen LogP contribution is 2.11. The Kier molecular flexibility index (Phi) is 7.12. The number of nitrogens with zero attached hydrogens (tertiary/aromatic N) is 2. The Labute approximate surface area is 100 Å². The lowest BCUT2D eigenvalue weighted by molar-refractivity contribution is -0.141. The topological polar surface area (TPSA) is 61.3 Å². The molecule has 2 atom stereocenters. The van der Waals surface area contributed by atoms with Gasteiger partial charge in [-0.3, -0.25) is 0 Å². The van der Waals surface area contributed by atoms with Gasteiger partial charge in [-0.25, -0.2) is 22.7 Å². The maximum Gasteiger partial charge on any atom is 0.389 e. The van der Waals surface area contributed by atoms with Crippen molar-refractivity contribution < 1.29 is 19.1 Å². The van der Waals surface area contributed by atoms with E-state index in [9.17, 15) is 9.59 Å². The van der Waals surface area contributed by atoms with E-state index in [1.54, 1.807) is 0 Å². The minimum absolute atomic E-state index is 0.277. The highest BCUT2D eigenvalue weighted by molar-refractivity contribution is 5.78. The molecule has 92 valence electrons. The van der Waals surface area contributed by atoms with E-state index >= 15 is 0 Å². The Morgan fingerprint density at radius 3 is 1.59 bits per heavy atom. The Hall–Kier alpha value is -2.08. The first-order valence-corrected chi connectivity index (χ1v) is 4.99. The smallest absolute Gasteiger partial charge is 0.389 e. The second kappa shape index (κ2) is 8.12. The van der Waals surface area contributed by atoms with Gasteiger partial charge in [-0.15, -0.1) is 0 Å². The van der Waals surface area contributed by atoms with Crippen molar-refractivity contribution in [2.24, 2.45) is 0 Å². The first-order valence-electron chi connectivity index (χ1n) is 4.99. The monoisotopic (exact) mass is 238 g/mol. The van der Waals surface area contributed by atoms with Crippen molar-refractivity contribution in [1.82, 2.24) is 0 Å². The van der Waals surface area contributed by atoms with Gasteiger partial charge in [0.1, 0.15) is 0 Å². The number of hydrogen-bond donors (Lipinski definition) is 0. The summed E-state index contributed by atoms with van der Waals surface area (Å²) in [7, 11) is 2.44. The molecular formula is C11H14N2O4. The summed E-state index contributed by atoms with van der Waals surface area (Å²) >= 11 is 0. The Morgan fingerprint density at radius 1 is 1.00 bits per heavy atom. The normalized spacial score (nSPS) is 12.7. The van der Waals surface area contributed by atoms with Gasteiger partial charge in [-0.05, 0) is 6.42 Å². The van der Waals surface area contributed by atoms with Crippen LogP contribution in [0.2, 0.25) is 0 Å². The van der Waals surface area contributed by atoms with Crippen LogP contribution in [0.1, 0.15) is 19.3 Å². The summed E-state index contributed by atoms with van der Waals surface area (Å²) in [4.78, 5) is 28.4. The van der Waals surface area contributed by atoms with Gasteiger partial charge in [0.05, 0.1) is 14.2 Å². The predicted octanol–water partition coefficient (Wildman–Crippen LogP) is 1.08. The molecule has 6 nitrogen and oxygen atoms in total. The van der Waals surface area contributed by atoms with Crippen molar-refractivity contribution >= 4 is 11.9 Å². The van der Waals surface area contributed by atoms with Crippen LogP contribution in [0.25, 0.3) is 9.69 Å². The van der Waals surface area contributed by atoms with Crippen LogP contribution in [-0.4, -0.2) is 38.2 Å². The molecule has 0 radical (unpaired) electrons. The van der Waals surface area contributed by atoms with Crippen LogP contribution in [0.3, 0.4) is 0 Å². The molecule has 0 heterocycles. The van der Waals surface area contributed by atoms with Gasteiger partial charge >= 0.3 is 24.0 Å². The number of methoxy groups -OCH3 is 2. The molecule has 6 heteroatoms. The predicted molar refractivity (Wildman–Crippen MR) is 58.7 cm³/mol. The molecule has 0 fully saturated rings. The van der Waals surface area contributed by atoms with Crippen molar-refractivity contribution in [1.29, 1.82) is 0 Å². The van der Waals surface area contributed by atoms with E-state index in [2.05, 4.69) is 19.2 Å². The maximum atomic E-state index is 11.1. The molecule has 0 aliphatic rings. The van der Waals surface area contributed by atoms with Crippen LogP contribution in [0.5, 0.6) is 0 Å². The summed E-state index contributed by atoms with van der Waals surface area (Å²) in [5.74, 6) is -1.17. The molecular weight excluding hydrogens is 224 g/mol. The molecule has 0 aliphatic heterocycles. The van der Waals surface area contributed by atoms with Gasteiger partial charge < -0.3 is 19.2 Å². The first-order chi connectivity index (χ1) is 8.10. The minimum Gasteiger partial charge on any atom is -0.463 e. The quantitative estimate of drug-likeness (QED) is 0.513. The standard InChI is InChI=1S/C11H14N2O4/c1-12-8(10(14)16-3)6-5-7-9(13-2)11(15)17-4/h8-9H,5-7H2,3-4H3/t8-,9+. The Balaban J connectivity index is 4.13. The Morgan fingerprint density at radius 2 is 1.35 bits per heavy atom. The number of carbonyl (C=O) groups is 2. The number of ether oxygens (including phenoxy) is 2. The summed E-state index contributed by atoms with van der Waals surface area (Å²) in [6, 6.07) is -1.71. The largest absolute Gasteiger partial charge is 0.463 e. The van der Waals surface area contributed by atoms with Crippen LogP contribution in [-0.2, 0) is 19.1 Å². The Bertz CT molecular complexity index is 319. The summed E-state index contributed by atoms with van der Waals surface area (Å²) < 4.78 is 8.90. The number of carbonyl (C=O) groups excluding carboxylic acids is 2. The van der Waals surface area contributed by atoms with E-state index < -0.39 is 24.0 Å². The zero-order valence-electron chi connectivity index (χ0n) is 9.80. The van der Waals surface area contributed by atoms with Crippen molar-refractivity contribution in [2.75, 3.05) is 14.2 Å². The van der Waals surface area contributed by atoms with Crippen LogP contribution < -0.4 is 0 Å². The fourth-order valence-electron chi connectivity index (χ4n) is 1.25.